The Hall–Kier alpha value is -1.09. The van der Waals surface area contributed by atoms with Crippen LogP contribution in [0.2, 0.25) is 0 Å². The summed E-state index contributed by atoms with van der Waals surface area (Å²) in [6.45, 7) is 7.49. The van der Waals surface area contributed by atoms with Gasteiger partial charge in [0.1, 0.15) is 5.82 Å². The van der Waals surface area contributed by atoms with E-state index >= 15 is 0 Å². The summed E-state index contributed by atoms with van der Waals surface area (Å²) in [5.74, 6) is -0.111. The average molecular weight is 276 g/mol. The van der Waals surface area contributed by atoms with Crippen LogP contribution in [0.15, 0.2) is 18.2 Å². The lowest BCUT2D eigenvalue weighted by Gasteiger charge is -2.38. The molecular weight excluding hydrogens is 251 g/mol. The fourth-order valence-electron chi connectivity index (χ4n) is 2.84. The van der Waals surface area contributed by atoms with E-state index in [4.69, 9.17) is 0 Å². The minimum atomic E-state index is -0.111. The van der Waals surface area contributed by atoms with Crippen LogP contribution in [-0.2, 0) is 6.54 Å². The van der Waals surface area contributed by atoms with E-state index in [1.165, 1.54) is 25.7 Å². The number of benzene rings is 1. The van der Waals surface area contributed by atoms with Crippen molar-refractivity contribution in [1.29, 1.82) is 0 Å². The van der Waals surface area contributed by atoms with Crippen LogP contribution in [0.3, 0.4) is 0 Å². The monoisotopic (exact) mass is 276 g/mol. The van der Waals surface area contributed by atoms with Crippen LogP contribution in [0.1, 0.15) is 45.1 Å². The highest BCUT2D eigenvalue weighted by molar-refractivity contribution is 5.49. The van der Waals surface area contributed by atoms with E-state index in [2.05, 4.69) is 30.1 Å². The highest BCUT2D eigenvalue weighted by Crippen LogP contribution is 2.32. The molecule has 2 nitrogen and oxygen atoms in total. The van der Waals surface area contributed by atoms with Crippen LogP contribution in [0.4, 0.5) is 10.1 Å². The maximum absolute atomic E-state index is 13.8. The molecule has 0 aromatic heterocycles. The Morgan fingerprint density at radius 2 is 1.90 bits per heavy atom. The Kier molecular flexibility index (Phi) is 3.72. The second kappa shape index (κ2) is 5.36. The summed E-state index contributed by atoms with van der Waals surface area (Å²) in [7, 11) is 0. The van der Waals surface area contributed by atoms with Crippen molar-refractivity contribution in [3.63, 3.8) is 0 Å². The molecule has 1 saturated carbocycles. The van der Waals surface area contributed by atoms with Gasteiger partial charge in [-0.25, -0.2) is 4.39 Å². The zero-order valence-corrected chi connectivity index (χ0v) is 12.6. The van der Waals surface area contributed by atoms with Gasteiger partial charge in [0.25, 0.3) is 0 Å². The number of hydrogen-bond acceptors (Lipinski definition) is 2. The minimum Gasteiger partial charge on any atom is -0.371 e. The van der Waals surface area contributed by atoms with Gasteiger partial charge in [-0.15, -0.1) is 0 Å². The summed E-state index contributed by atoms with van der Waals surface area (Å²) in [6, 6.07) is 6.15. The Morgan fingerprint density at radius 1 is 1.20 bits per heavy atom. The van der Waals surface area contributed by atoms with E-state index in [0.29, 0.717) is 11.5 Å². The molecule has 0 amide bonds. The number of nitrogens with one attached hydrogen (secondary N) is 1. The zero-order valence-electron chi connectivity index (χ0n) is 12.6. The predicted molar refractivity (Wildman–Crippen MR) is 81.5 cm³/mol. The summed E-state index contributed by atoms with van der Waals surface area (Å²) in [4.78, 5) is 2.33. The SMILES string of the molecule is CC1(C)CCN(c2cc(F)cc(CNC3CC3)c2)CC1. The molecule has 0 unspecified atom stereocenters. The van der Waals surface area contributed by atoms with Gasteiger partial charge in [-0.1, -0.05) is 13.8 Å². The molecule has 2 fully saturated rings. The number of halogens is 1. The van der Waals surface area contributed by atoms with E-state index in [9.17, 15) is 4.39 Å². The molecule has 1 aromatic rings. The third-order valence-electron chi connectivity index (χ3n) is 4.60. The first kappa shape index (κ1) is 13.9. The van der Waals surface area contributed by atoms with Gasteiger partial charge in [-0.3, -0.25) is 0 Å². The van der Waals surface area contributed by atoms with Crippen LogP contribution in [-0.4, -0.2) is 19.1 Å². The third-order valence-corrected chi connectivity index (χ3v) is 4.60. The number of piperidine rings is 1. The molecule has 1 aromatic carbocycles. The smallest absolute Gasteiger partial charge is 0.125 e. The van der Waals surface area contributed by atoms with E-state index in [-0.39, 0.29) is 5.82 Å². The number of rotatable bonds is 4. The molecule has 3 heteroatoms. The molecule has 1 heterocycles. The first-order valence-corrected chi connectivity index (χ1v) is 7.80. The summed E-state index contributed by atoms with van der Waals surface area (Å²) >= 11 is 0. The van der Waals surface area contributed by atoms with E-state index in [1.54, 1.807) is 12.1 Å². The average Bonchev–Trinajstić information content (AvgIpc) is 3.19. The van der Waals surface area contributed by atoms with Crippen molar-refractivity contribution < 1.29 is 4.39 Å². The van der Waals surface area contributed by atoms with E-state index < -0.39 is 0 Å². The van der Waals surface area contributed by atoms with Gasteiger partial charge in [0.05, 0.1) is 0 Å². The fourth-order valence-corrected chi connectivity index (χ4v) is 2.84. The lowest BCUT2D eigenvalue weighted by molar-refractivity contribution is 0.280. The van der Waals surface area contributed by atoms with Crippen molar-refractivity contribution in [3.8, 4) is 0 Å². The first-order valence-electron chi connectivity index (χ1n) is 7.80. The van der Waals surface area contributed by atoms with E-state index in [1.807, 2.05) is 0 Å². The van der Waals surface area contributed by atoms with Crippen LogP contribution in [0.5, 0.6) is 0 Å². The summed E-state index contributed by atoms with van der Waals surface area (Å²) < 4.78 is 13.8. The van der Waals surface area contributed by atoms with Crippen LogP contribution in [0.25, 0.3) is 0 Å². The van der Waals surface area contributed by atoms with Gasteiger partial charge in [-0.05, 0) is 54.9 Å². The van der Waals surface area contributed by atoms with Crippen molar-refractivity contribution in [2.45, 2.75) is 52.1 Å². The van der Waals surface area contributed by atoms with Gasteiger partial charge in [0.2, 0.25) is 0 Å². The number of anilines is 1. The Bertz CT molecular complexity index is 470. The molecular formula is C17H25FN2. The number of hydrogen-bond donors (Lipinski definition) is 1. The lowest BCUT2D eigenvalue weighted by Crippen LogP contribution is -2.37. The molecule has 2 aliphatic rings. The molecule has 1 saturated heterocycles. The van der Waals surface area contributed by atoms with Gasteiger partial charge >= 0.3 is 0 Å². The largest absolute Gasteiger partial charge is 0.371 e. The molecule has 20 heavy (non-hydrogen) atoms. The van der Waals surface area contributed by atoms with Crippen molar-refractivity contribution in [3.05, 3.63) is 29.6 Å². The molecule has 1 N–H and O–H groups in total. The number of nitrogens with zero attached hydrogens (tertiary/aromatic N) is 1. The highest BCUT2D eigenvalue weighted by atomic mass is 19.1. The maximum Gasteiger partial charge on any atom is 0.125 e. The molecule has 110 valence electrons. The quantitative estimate of drug-likeness (QED) is 0.902. The molecule has 0 spiro atoms. The highest BCUT2D eigenvalue weighted by Gasteiger charge is 2.26. The molecule has 0 radical (unpaired) electrons. The third kappa shape index (κ3) is 3.51. The normalized spacial score (nSPS) is 22.1. The van der Waals surface area contributed by atoms with Crippen LogP contribution in [0, 0.1) is 11.2 Å². The summed E-state index contributed by atoms with van der Waals surface area (Å²) in [5, 5.41) is 3.46. The van der Waals surface area contributed by atoms with E-state index in [0.717, 1.165) is 30.9 Å². The second-order valence-electron chi connectivity index (χ2n) is 7.12. The second-order valence-corrected chi connectivity index (χ2v) is 7.12. The molecule has 0 atom stereocenters. The van der Waals surface area contributed by atoms with Gasteiger partial charge < -0.3 is 10.2 Å². The Labute approximate surface area is 121 Å². The van der Waals surface area contributed by atoms with Crippen molar-refractivity contribution in [2.24, 2.45) is 5.41 Å². The Morgan fingerprint density at radius 3 is 2.55 bits per heavy atom. The standard InChI is InChI=1S/C17H25FN2/c1-17(2)5-7-20(8-6-17)16-10-13(9-14(18)11-16)12-19-15-3-4-15/h9-11,15,19H,3-8,12H2,1-2H3. The first-order chi connectivity index (χ1) is 9.52. The zero-order chi connectivity index (χ0) is 14.2. The lowest BCUT2D eigenvalue weighted by atomic mass is 9.82. The maximum atomic E-state index is 13.8. The Balaban J connectivity index is 1.68. The van der Waals surface area contributed by atoms with Crippen LogP contribution >= 0.6 is 0 Å². The minimum absolute atomic E-state index is 0.111. The topological polar surface area (TPSA) is 15.3 Å². The van der Waals surface area contributed by atoms with Crippen molar-refractivity contribution in [2.75, 3.05) is 18.0 Å². The van der Waals surface area contributed by atoms with Crippen molar-refractivity contribution >= 4 is 5.69 Å². The van der Waals surface area contributed by atoms with Gasteiger partial charge in [0, 0.05) is 31.4 Å². The van der Waals surface area contributed by atoms with Gasteiger partial charge in [-0.2, -0.15) is 0 Å². The van der Waals surface area contributed by atoms with Crippen molar-refractivity contribution in [1.82, 2.24) is 5.32 Å². The van der Waals surface area contributed by atoms with Crippen LogP contribution < -0.4 is 10.2 Å². The molecule has 3 rings (SSSR count). The summed E-state index contributed by atoms with van der Waals surface area (Å²) in [6.07, 6.45) is 4.89. The molecule has 0 bridgehead atoms. The molecule has 1 aliphatic carbocycles. The van der Waals surface area contributed by atoms with Gasteiger partial charge in [0.15, 0.2) is 0 Å². The molecule has 1 aliphatic heterocycles. The fraction of sp³-hybridized carbons (Fsp3) is 0.647. The predicted octanol–water partition coefficient (Wildman–Crippen LogP) is 3.70. The summed E-state index contributed by atoms with van der Waals surface area (Å²) in [5.41, 5.74) is 2.55.